The minimum Gasteiger partial charge on any atom is -0.493 e. The molecule has 0 aromatic heterocycles. The first-order valence-corrected chi connectivity index (χ1v) is 53.4. The van der Waals surface area contributed by atoms with Crippen LogP contribution in [0.5, 0.6) is 23.0 Å². The molecule has 12 saturated carbocycles. The predicted octanol–water partition coefficient (Wildman–Crippen LogP) is 30.6. The van der Waals surface area contributed by atoms with Crippen LogP contribution < -0.4 is 18.9 Å². The fourth-order valence-corrected chi connectivity index (χ4v) is 33.0. The number of aryl methyl sites for hydroxylation is 5. The van der Waals surface area contributed by atoms with Crippen LogP contribution in [-0.2, 0) is 57.8 Å². The van der Waals surface area contributed by atoms with Gasteiger partial charge < -0.3 is 33.2 Å². The summed E-state index contributed by atoms with van der Waals surface area (Å²) < 4.78 is 134. The van der Waals surface area contributed by atoms with Gasteiger partial charge in [-0.05, 0) is 370 Å². The average molecular weight is 1900 g/mol. The normalized spacial score (nSPS) is 23.7. The first kappa shape index (κ1) is 95.9. The zero-order chi connectivity index (χ0) is 93.2. The zero-order valence-corrected chi connectivity index (χ0v) is 81.1. The summed E-state index contributed by atoms with van der Waals surface area (Å²) in [6.07, 6.45) is 12.2. The van der Waals surface area contributed by atoms with E-state index in [2.05, 4.69) is 257 Å². The van der Waals surface area contributed by atoms with Gasteiger partial charge in [0, 0.05) is 36.2 Å². The maximum Gasteiger partial charge on any atom is 0.453 e. The second kappa shape index (κ2) is 43.8. The molecule has 7 nitrogen and oxygen atoms in total. The van der Waals surface area contributed by atoms with Crippen LogP contribution in [0.2, 0.25) is 0 Å². The van der Waals surface area contributed by atoms with Crippen LogP contribution >= 0.6 is 0 Å². The van der Waals surface area contributed by atoms with Crippen molar-refractivity contribution in [1.29, 1.82) is 0 Å². The number of halogens is 7. The van der Waals surface area contributed by atoms with Crippen molar-refractivity contribution in [2.45, 2.75) is 245 Å². The SMILES string of the molecule is Cc1cc(OCOC2C3CC4CC(C3)CC2C4)ccc1[S+](c1ccccc1)c1ccccc1.Cc1cc([S+](c2ccccc2)c2ccccc2)cc(C)c1OCCCC(F)(F)CC(F)(F)C(F)(F)F.Cc1cc([S+](c2ccccc2)c2ccccc2)cc(C)c1OCOC1C2CC3CC(C2)CC1C3.c1ccc([S+](c2ccccc2)c2ccc(OCOC3C4CC5CC(C4)CC3C5)cc2)cc1. The van der Waals surface area contributed by atoms with E-state index >= 15 is 0 Å². The molecule has 0 aliphatic heterocycles. The largest absolute Gasteiger partial charge is 0.493 e. The molecule has 24 rings (SSSR count). The highest BCUT2D eigenvalue weighted by Gasteiger charge is 2.62. The molecule has 0 unspecified atom stereocenters. The van der Waals surface area contributed by atoms with Crippen molar-refractivity contribution in [2.75, 3.05) is 27.0 Å². The van der Waals surface area contributed by atoms with Gasteiger partial charge in [0.15, 0.2) is 79.1 Å². The van der Waals surface area contributed by atoms with Gasteiger partial charge in [-0.25, -0.2) is 8.78 Å². The summed E-state index contributed by atoms with van der Waals surface area (Å²) in [5.41, 5.74) is 5.17. The molecule has 12 fully saturated rings. The van der Waals surface area contributed by atoms with Gasteiger partial charge in [0.1, 0.15) is 23.0 Å². The van der Waals surface area contributed by atoms with Crippen molar-refractivity contribution in [3.05, 3.63) is 337 Å². The summed E-state index contributed by atoms with van der Waals surface area (Å²) in [5.74, 6) is 4.13. The lowest BCUT2D eigenvalue weighted by atomic mass is 9.55. The van der Waals surface area contributed by atoms with Crippen LogP contribution in [0.1, 0.15) is 143 Å². The average Bonchev–Trinajstić information content (AvgIpc) is 0.762. The molecular formula is C117H125F7O7S4+4. The van der Waals surface area contributed by atoms with Gasteiger partial charge in [-0.15, -0.1) is 0 Å². The molecule has 0 atom stereocenters. The Morgan fingerprint density at radius 3 is 0.815 bits per heavy atom. The predicted molar refractivity (Wildman–Crippen MR) is 527 cm³/mol. The monoisotopic (exact) mass is 1900 g/mol. The number of benzene rings is 12. The Balaban J connectivity index is 0.000000120. The lowest BCUT2D eigenvalue weighted by Gasteiger charge is -2.53. The van der Waals surface area contributed by atoms with Crippen molar-refractivity contribution in [2.24, 2.45) is 71.0 Å². The number of alkyl halides is 7. The zero-order valence-electron chi connectivity index (χ0n) is 77.8. The second-order valence-electron chi connectivity index (χ2n) is 39.1. The smallest absolute Gasteiger partial charge is 0.453 e. The van der Waals surface area contributed by atoms with E-state index < -0.39 is 41.8 Å². The quantitative estimate of drug-likeness (QED) is 0.0186. The van der Waals surface area contributed by atoms with Crippen molar-refractivity contribution >= 4 is 43.6 Å². The van der Waals surface area contributed by atoms with E-state index in [1.807, 2.05) is 86.6 Å². The molecule has 12 aromatic carbocycles. The number of hydrogen-bond donors (Lipinski definition) is 0. The minimum atomic E-state index is -6.01. The van der Waals surface area contributed by atoms with Crippen LogP contribution in [-0.4, -0.2) is 63.3 Å². The molecule has 12 bridgehead atoms. The van der Waals surface area contributed by atoms with Crippen LogP contribution in [0.3, 0.4) is 0 Å². The highest BCUT2D eigenvalue weighted by Crippen LogP contribution is 2.58. The van der Waals surface area contributed by atoms with Crippen molar-refractivity contribution < 1.29 is 63.9 Å². The topological polar surface area (TPSA) is 64.6 Å². The Hall–Kier alpha value is -9.37. The Morgan fingerprint density at radius 2 is 0.519 bits per heavy atom. The highest BCUT2D eigenvalue weighted by molar-refractivity contribution is 7.98. The molecule has 18 heteroatoms. The molecule has 0 radical (unpaired) electrons. The van der Waals surface area contributed by atoms with Crippen molar-refractivity contribution in [3.63, 3.8) is 0 Å². The second-order valence-corrected chi connectivity index (χ2v) is 47.1. The molecule has 135 heavy (non-hydrogen) atoms. The summed E-state index contributed by atoms with van der Waals surface area (Å²) in [4.78, 5) is 15.3. The molecule has 12 aromatic rings. The van der Waals surface area contributed by atoms with Gasteiger partial charge in [0.25, 0.3) is 5.92 Å². The van der Waals surface area contributed by atoms with Gasteiger partial charge in [-0.3, -0.25) is 0 Å². The van der Waals surface area contributed by atoms with Crippen molar-refractivity contribution in [1.82, 2.24) is 0 Å². The van der Waals surface area contributed by atoms with E-state index in [1.54, 1.807) is 0 Å². The number of ether oxygens (including phenoxy) is 7. The summed E-state index contributed by atoms with van der Waals surface area (Å²) in [6.45, 7) is 11.1. The third-order valence-electron chi connectivity index (χ3n) is 29.3. The van der Waals surface area contributed by atoms with E-state index in [0.717, 1.165) is 114 Å². The Labute approximate surface area is 805 Å². The summed E-state index contributed by atoms with van der Waals surface area (Å²) >= 11 is 0. The fraction of sp³-hybridized carbons (Fsp3) is 0.385. The lowest BCUT2D eigenvalue weighted by Crippen LogP contribution is -2.49. The Bertz CT molecular complexity index is 5510. The van der Waals surface area contributed by atoms with E-state index in [4.69, 9.17) is 33.2 Å². The standard InChI is InChI=1S/C31H35O2S.C30H33O2S.C29H31O2S.C27H26F7OS/c1-21-13-29(34(27-9-5-3-6-10-27)28-11-7-4-8-12-28)14-22(2)30(21)32-20-33-31-25-16-23-15-24(18-25)19-26(31)17-23;1-21-14-26(31-20-32-30-24-16-22-15-23(18-24)19-25(30)17-22)12-13-29(21)33(27-8-4-2-5-9-27)28-10-6-3-7-11-28;1-3-7-26(8-4-1)32(27-9-5-2-6-10-27)28-13-11-25(12-14-28)30-20-31-29-23-16-21-15-22(18-23)19-24(29)17-21;1-19-16-23(36(21-10-5-3-6-11-21)22-12-7-4-8-13-22)17-20(2)24(19)35-15-9-14-25(28,29)18-26(30,31)27(32,33)34/h3-14,23-26,31H,15-20H2,1-2H3;2-14,22-25,30H,15-20H2,1H3;1-14,21-24,29H,15-20H2;3-8,10-13,16-17H,9,14-15,18H2,1-2H3/q4*+1. The van der Waals surface area contributed by atoms with E-state index in [0.29, 0.717) is 44.4 Å². The van der Waals surface area contributed by atoms with Gasteiger partial charge in [0.05, 0.1) is 74.9 Å². The minimum absolute atomic E-state index is 0.122. The van der Waals surface area contributed by atoms with Gasteiger partial charge >= 0.3 is 12.1 Å². The summed E-state index contributed by atoms with van der Waals surface area (Å²) in [5, 5.41) is 0. The van der Waals surface area contributed by atoms with E-state index in [1.165, 1.54) is 157 Å². The van der Waals surface area contributed by atoms with Gasteiger partial charge in [-0.2, -0.15) is 22.0 Å². The molecule has 0 saturated heterocycles. The summed E-state index contributed by atoms with van der Waals surface area (Å²) in [6, 6.07) is 109. The summed E-state index contributed by atoms with van der Waals surface area (Å²) in [7, 11) is -0.795. The van der Waals surface area contributed by atoms with E-state index in [9.17, 15) is 30.7 Å². The third kappa shape index (κ3) is 23.5. The molecule has 0 N–H and O–H groups in total. The van der Waals surface area contributed by atoms with Gasteiger partial charge in [0.2, 0.25) is 0 Å². The maximum atomic E-state index is 13.8. The molecule has 0 amide bonds. The van der Waals surface area contributed by atoms with Crippen LogP contribution in [0.15, 0.2) is 368 Å². The van der Waals surface area contributed by atoms with E-state index in [-0.39, 0.29) is 45.7 Å². The van der Waals surface area contributed by atoms with Crippen LogP contribution in [0.25, 0.3) is 0 Å². The first-order chi connectivity index (χ1) is 65.5. The molecule has 12 aliphatic rings. The van der Waals surface area contributed by atoms with Gasteiger partial charge in [-0.1, -0.05) is 146 Å². The third-order valence-corrected chi connectivity index (χ3v) is 38.3. The lowest BCUT2D eigenvalue weighted by molar-refractivity contribution is -0.301. The number of hydrogen-bond acceptors (Lipinski definition) is 7. The van der Waals surface area contributed by atoms with Crippen LogP contribution in [0.4, 0.5) is 30.7 Å². The Morgan fingerprint density at radius 1 is 0.259 bits per heavy atom. The highest BCUT2D eigenvalue weighted by atomic mass is 32.2. The molecule has 12 aliphatic carbocycles. The fourth-order valence-electron chi connectivity index (χ4n) is 24.2. The molecule has 0 heterocycles. The molecule has 704 valence electrons. The first-order valence-electron chi connectivity index (χ1n) is 48.5. The van der Waals surface area contributed by atoms with Crippen molar-refractivity contribution in [3.8, 4) is 23.0 Å². The molecular weight excluding hydrogens is 1780 g/mol. The number of rotatable bonds is 31. The Kier molecular flexibility index (Phi) is 31.1. The maximum absolute atomic E-state index is 13.8. The van der Waals surface area contributed by atoms with Crippen LogP contribution in [0, 0.1) is 106 Å². The molecule has 0 spiro atoms.